The Morgan fingerprint density at radius 3 is 2.67 bits per heavy atom. The summed E-state index contributed by atoms with van der Waals surface area (Å²) in [6.45, 7) is 0. The van der Waals surface area contributed by atoms with Crippen LogP contribution in [0.25, 0.3) is 5.70 Å². The predicted octanol–water partition coefficient (Wildman–Crippen LogP) is 3.59. The number of allylic oxidation sites excluding steroid dienone is 1. The molecule has 8 heteroatoms. The Morgan fingerprint density at radius 1 is 1.03 bits per heavy atom. The zero-order valence-corrected chi connectivity index (χ0v) is 16.2. The van der Waals surface area contributed by atoms with Crippen molar-refractivity contribution in [1.82, 2.24) is 10.2 Å². The number of fused-ring (bicyclic) bond motifs is 1. The first-order chi connectivity index (χ1) is 14.7. The lowest BCUT2D eigenvalue weighted by Gasteiger charge is -2.26. The summed E-state index contributed by atoms with van der Waals surface area (Å²) in [5.41, 5.74) is 2.83. The van der Waals surface area contributed by atoms with Gasteiger partial charge < -0.3 is 9.47 Å². The molecule has 3 heterocycles. The van der Waals surface area contributed by atoms with Crippen molar-refractivity contribution in [2.45, 2.75) is 0 Å². The van der Waals surface area contributed by atoms with Crippen molar-refractivity contribution in [3.8, 4) is 17.2 Å². The highest BCUT2D eigenvalue weighted by Crippen LogP contribution is 2.38. The molecule has 0 spiro atoms. The highest BCUT2D eigenvalue weighted by Gasteiger charge is 2.45. The number of ether oxygens (including phenoxy) is 2. The average Bonchev–Trinajstić information content (AvgIpc) is 3.40. The molecule has 0 bridgehead atoms. The first kappa shape index (κ1) is 18.0. The standard InChI is InChI=1S/C22H19N6O2/c1-29-20-13-16(30-15-5-3-2-4-6-15)7-8-17(20)22-26-21(18-9-10-25-27-18)19-14-24-11-12-28(19,22)23/h2-14H,23H2,1H3,(H,25,27)/q+1. The summed E-state index contributed by atoms with van der Waals surface area (Å²) < 4.78 is 11.5. The molecule has 3 aromatic rings. The molecule has 0 saturated carbocycles. The molecule has 0 fully saturated rings. The van der Waals surface area contributed by atoms with Crippen molar-refractivity contribution in [3.05, 3.63) is 90.1 Å². The van der Waals surface area contributed by atoms with Gasteiger partial charge >= 0.3 is 0 Å². The maximum absolute atomic E-state index is 6.77. The van der Waals surface area contributed by atoms with E-state index >= 15 is 0 Å². The van der Waals surface area contributed by atoms with Gasteiger partial charge in [0.05, 0.1) is 19.5 Å². The summed E-state index contributed by atoms with van der Waals surface area (Å²) in [5.74, 6) is 9.37. The van der Waals surface area contributed by atoms with Gasteiger partial charge in [0.2, 0.25) is 5.70 Å². The zero-order valence-electron chi connectivity index (χ0n) is 16.2. The summed E-state index contributed by atoms with van der Waals surface area (Å²) in [6, 6.07) is 17.0. The van der Waals surface area contributed by atoms with Crippen molar-refractivity contribution in [2.75, 3.05) is 7.11 Å². The van der Waals surface area contributed by atoms with E-state index in [9.17, 15) is 0 Å². The number of benzene rings is 2. The number of para-hydroxylation sites is 1. The maximum Gasteiger partial charge on any atom is 0.269 e. The van der Waals surface area contributed by atoms with Crippen LogP contribution in [0.15, 0.2) is 88.9 Å². The Morgan fingerprint density at radius 2 is 1.90 bits per heavy atom. The first-order valence-corrected chi connectivity index (χ1v) is 9.33. The normalized spacial score (nSPS) is 19.6. The number of methoxy groups -OCH3 is 1. The fraction of sp³-hybridized carbons (Fsp3) is 0.0455. The SMILES string of the molecule is COc1cc(Oc2ccccc2)ccc1C1=NC(c2cc[nH]n2)=C2C=NC=C[N+]12N. The van der Waals surface area contributed by atoms with Crippen LogP contribution in [0.4, 0.5) is 0 Å². The molecule has 0 radical (unpaired) electrons. The Kier molecular flexibility index (Phi) is 4.27. The van der Waals surface area contributed by atoms with E-state index in [0.717, 1.165) is 17.0 Å². The van der Waals surface area contributed by atoms with Crippen molar-refractivity contribution >= 4 is 17.7 Å². The molecule has 3 N–H and O–H groups in total. The molecule has 0 amide bonds. The van der Waals surface area contributed by atoms with E-state index in [1.807, 2.05) is 54.6 Å². The Hall–Kier alpha value is -4.01. The number of hydrogen-bond donors (Lipinski definition) is 2. The van der Waals surface area contributed by atoms with Gasteiger partial charge in [-0.2, -0.15) is 15.9 Å². The lowest BCUT2D eigenvalue weighted by Crippen LogP contribution is -2.53. The summed E-state index contributed by atoms with van der Waals surface area (Å²) in [6.07, 6.45) is 6.89. The second kappa shape index (κ2) is 7.11. The van der Waals surface area contributed by atoms with Crippen molar-refractivity contribution in [1.29, 1.82) is 0 Å². The molecule has 148 valence electrons. The number of nitrogens with zero attached hydrogens (tertiary/aromatic N) is 4. The topological polar surface area (TPSA) is 97.9 Å². The Bertz CT molecular complexity index is 1210. The molecule has 5 rings (SSSR count). The van der Waals surface area contributed by atoms with Gasteiger partial charge in [-0.1, -0.05) is 18.2 Å². The minimum atomic E-state index is -0.124. The number of rotatable bonds is 5. The van der Waals surface area contributed by atoms with Crippen LogP contribution in [0.1, 0.15) is 11.3 Å². The largest absolute Gasteiger partial charge is 0.496 e. The van der Waals surface area contributed by atoms with Crippen LogP contribution in [0.3, 0.4) is 0 Å². The monoisotopic (exact) mass is 399 g/mol. The molecule has 0 saturated heterocycles. The van der Waals surface area contributed by atoms with E-state index in [1.54, 1.807) is 31.9 Å². The minimum absolute atomic E-state index is 0.124. The van der Waals surface area contributed by atoms with Crippen LogP contribution in [0.2, 0.25) is 0 Å². The van der Waals surface area contributed by atoms with Gasteiger partial charge in [0, 0.05) is 12.3 Å². The van der Waals surface area contributed by atoms with Crippen LogP contribution < -0.4 is 15.3 Å². The molecule has 1 aromatic heterocycles. The molecule has 1 unspecified atom stereocenters. The molecule has 1 atom stereocenters. The highest BCUT2D eigenvalue weighted by atomic mass is 16.5. The summed E-state index contributed by atoms with van der Waals surface area (Å²) >= 11 is 0. The fourth-order valence-electron chi connectivity index (χ4n) is 3.48. The quantitative estimate of drug-likeness (QED) is 0.506. The lowest BCUT2D eigenvalue weighted by atomic mass is 10.1. The minimum Gasteiger partial charge on any atom is -0.496 e. The number of nitrogens with one attached hydrogen (secondary N) is 1. The van der Waals surface area contributed by atoms with Crippen LogP contribution in [0, 0.1) is 0 Å². The zero-order chi connectivity index (χ0) is 20.6. The van der Waals surface area contributed by atoms with Crippen LogP contribution >= 0.6 is 0 Å². The third-order valence-corrected chi connectivity index (χ3v) is 4.93. The Labute approximate surface area is 172 Å². The van der Waals surface area contributed by atoms with Gasteiger partial charge in [-0.15, -0.1) is 4.59 Å². The first-order valence-electron chi connectivity index (χ1n) is 9.33. The smallest absolute Gasteiger partial charge is 0.269 e. The molecule has 8 nitrogen and oxygen atoms in total. The number of aliphatic imine (C=N–C) groups is 2. The number of aromatic nitrogens is 2. The van der Waals surface area contributed by atoms with Crippen LogP contribution in [0.5, 0.6) is 17.2 Å². The van der Waals surface area contributed by atoms with E-state index in [0.29, 0.717) is 28.7 Å². The third-order valence-electron chi connectivity index (χ3n) is 4.93. The van der Waals surface area contributed by atoms with Gasteiger partial charge in [0.25, 0.3) is 5.84 Å². The fourth-order valence-corrected chi connectivity index (χ4v) is 3.48. The molecule has 30 heavy (non-hydrogen) atoms. The van der Waals surface area contributed by atoms with Gasteiger partial charge in [-0.25, -0.2) is 0 Å². The van der Waals surface area contributed by atoms with Crippen molar-refractivity contribution < 1.29 is 14.1 Å². The molecule has 2 aliphatic heterocycles. The number of quaternary nitrogens is 1. The average molecular weight is 399 g/mol. The Balaban J connectivity index is 1.57. The molecule has 2 aromatic carbocycles. The van der Waals surface area contributed by atoms with E-state index in [-0.39, 0.29) is 4.59 Å². The number of nitrogens with two attached hydrogens (primary N) is 1. The highest BCUT2D eigenvalue weighted by molar-refractivity contribution is 6.07. The second-order valence-electron chi connectivity index (χ2n) is 6.76. The third kappa shape index (κ3) is 2.91. The van der Waals surface area contributed by atoms with Gasteiger partial charge in [0.1, 0.15) is 34.7 Å². The number of amidine groups is 1. The van der Waals surface area contributed by atoms with Crippen LogP contribution in [-0.4, -0.2) is 33.9 Å². The van der Waals surface area contributed by atoms with Gasteiger partial charge in [0.15, 0.2) is 5.70 Å². The number of aromatic amines is 1. The lowest BCUT2D eigenvalue weighted by molar-refractivity contribution is -0.749. The maximum atomic E-state index is 6.77. The van der Waals surface area contributed by atoms with E-state index < -0.39 is 0 Å². The molecular formula is C22H19N6O2+. The van der Waals surface area contributed by atoms with Crippen molar-refractivity contribution in [3.63, 3.8) is 0 Å². The summed E-state index contributed by atoms with van der Waals surface area (Å²) in [7, 11) is 1.61. The van der Waals surface area contributed by atoms with Crippen LogP contribution in [-0.2, 0) is 0 Å². The van der Waals surface area contributed by atoms with E-state index in [2.05, 4.69) is 15.2 Å². The van der Waals surface area contributed by atoms with Gasteiger partial charge in [-0.3, -0.25) is 10.1 Å². The molecule has 2 aliphatic rings. The van der Waals surface area contributed by atoms with E-state index in [1.165, 1.54) is 0 Å². The number of hydrogen-bond acceptors (Lipinski definition) is 6. The second-order valence-corrected chi connectivity index (χ2v) is 6.76. The molecular weight excluding hydrogens is 380 g/mol. The van der Waals surface area contributed by atoms with Crippen molar-refractivity contribution in [2.24, 2.45) is 15.8 Å². The molecule has 0 aliphatic carbocycles. The van der Waals surface area contributed by atoms with Gasteiger partial charge in [-0.05, 0) is 30.3 Å². The van der Waals surface area contributed by atoms with E-state index in [4.69, 9.17) is 20.3 Å². The summed E-state index contributed by atoms with van der Waals surface area (Å²) in [4.78, 5) is 9.07. The predicted molar refractivity (Wildman–Crippen MR) is 114 cm³/mol. The number of H-pyrrole nitrogens is 1. The summed E-state index contributed by atoms with van der Waals surface area (Å²) in [5, 5.41) is 7.08.